The van der Waals surface area contributed by atoms with Crippen LogP contribution in [0.25, 0.3) is 11.3 Å². The second kappa shape index (κ2) is 9.95. The minimum absolute atomic E-state index is 0.0819. The number of rotatable bonds is 8. The highest BCUT2D eigenvalue weighted by Crippen LogP contribution is 2.41. The van der Waals surface area contributed by atoms with Crippen molar-refractivity contribution in [3.8, 4) is 17.0 Å². The van der Waals surface area contributed by atoms with Crippen LogP contribution in [0.15, 0.2) is 66.0 Å². The van der Waals surface area contributed by atoms with E-state index in [1.807, 2.05) is 0 Å². The molecule has 1 atom stereocenters. The average molecular weight is 484 g/mol. The molecule has 2 aromatic carbocycles. The molecule has 0 fully saturated rings. The van der Waals surface area contributed by atoms with Crippen LogP contribution in [-0.2, 0) is 5.92 Å². The Morgan fingerprint density at radius 3 is 2.15 bits per heavy atom. The quantitative estimate of drug-likeness (QED) is 0.164. The minimum Gasteiger partial charge on any atom is -0.406 e. The summed E-state index contributed by atoms with van der Waals surface area (Å²) >= 11 is 0. The number of halogens is 6. The van der Waals surface area contributed by atoms with Crippen molar-refractivity contribution in [2.24, 2.45) is 16.8 Å². The third kappa shape index (κ3) is 6.13. The molecular weight excluding hydrogens is 466 g/mol. The zero-order valence-electron chi connectivity index (χ0n) is 17.3. The van der Waals surface area contributed by atoms with Crippen LogP contribution in [0.4, 0.5) is 26.3 Å². The van der Waals surface area contributed by atoms with Crippen LogP contribution in [0, 0.1) is 5.82 Å². The van der Waals surface area contributed by atoms with Crippen LogP contribution < -0.4 is 16.4 Å². The Balaban J connectivity index is 1.88. The Morgan fingerprint density at radius 1 is 0.971 bits per heavy atom. The van der Waals surface area contributed by atoms with Gasteiger partial charge in [-0.3, -0.25) is 15.0 Å². The van der Waals surface area contributed by atoms with E-state index in [0.717, 1.165) is 48.0 Å². The van der Waals surface area contributed by atoms with Crippen LogP contribution >= 0.6 is 0 Å². The number of alkyl halides is 5. The number of hydrazone groups is 1. The fourth-order valence-corrected chi connectivity index (χ4v) is 3.12. The lowest BCUT2D eigenvalue weighted by Crippen LogP contribution is -2.40. The van der Waals surface area contributed by atoms with E-state index >= 15 is 8.78 Å². The summed E-state index contributed by atoms with van der Waals surface area (Å²) in [6, 6.07) is 9.17. The van der Waals surface area contributed by atoms with E-state index in [1.54, 1.807) is 0 Å². The molecule has 0 aliphatic rings. The van der Waals surface area contributed by atoms with Crippen molar-refractivity contribution in [1.82, 2.24) is 15.0 Å². The molecule has 1 unspecified atom stereocenters. The molecule has 0 saturated carbocycles. The molecule has 1 aromatic heterocycles. The average Bonchev–Trinajstić information content (AvgIpc) is 2.78. The van der Waals surface area contributed by atoms with E-state index in [-0.39, 0.29) is 11.3 Å². The second-order valence-corrected chi connectivity index (χ2v) is 7.05. The van der Waals surface area contributed by atoms with Gasteiger partial charge in [-0.2, -0.15) is 13.9 Å². The Kier molecular flexibility index (Phi) is 7.25. The number of hydrazine groups is 1. The zero-order valence-corrected chi connectivity index (χ0v) is 17.3. The van der Waals surface area contributed by atoms with Crippen molar-refractivity contribution in [2.45, 2.75) is 18.2 Å². The predicted molar refractivity (Wildman–Crippen MR) is 111 cm³/mol. The molecule has 0 aliphatic heterocycles. The molecule has 4 N–H and O–H groups in total. The van der Waals surface area contributed by atoms with Crippen LogP contribution in [0.3, 0.4) is 0 Å². The van der Waals surface area contributed by atoms with Gasteiger partial charge in [0, 0.05) is 12.1 Å². The summed E-state index contributed by atoms with van der Waals surface area (Å²) in [5.41, 5.74) is -0.134. The van der Waals surface area contributed by atoms with Gasteiger partial charge >= 0.3 is 6.36 Å². The normalized spacial score (nSPS) is 13.1. The molecule has 3 aromatic rings. The molecule has 0 aliphatic carbocycles. The lowest BCUT2D eigenvalue weighted by molar-refractivity contribution is -0.274. The van der Waals surface area contributed by atoms with Gasteiger partial charge in [0.1, 0.15) is 23.6 Å². The summed E-state index contributed by atoms with van der Waals surface area (Å²) in [4.78, 5) is 7.78. The van der Waals surface area contributed by atoms with Gasteiger partial charge in [-0.15, -0.1) is 13.2 Å². The molecule has 0 radical (unpaired) electrons. The van der Waals surface area contributed by atoms with Crippen LogP contribution in [0.1, 0.15) is 17.2 Å². The Labute approximate surface area is 189 Å². The first-order valence-corrected chi connectivity index (χ1v) is 9.56. The molecule has 0 amide bonds. The minimum atomic E-state index is -4.84. The highest BCUT2D eigenvalue weighted by molar-refractivity contribution is 5.59. The van der Waals surface area contributed by atoms with Crippen molar-refractivity contribution in [2.75, 3.05) is 6.54 Å². The van der Waals surface area contributed by atoms with Crippen molar-refractivity contribution in [3.05, 3.63) is 78.0 Å². The monoisotopic (exact) mass is 484 g/mol. The molecule has 34 heavy (non-hydrogen) atoms. The highest BCUT2D eigenvalue weighted by atomic mass is 19.4. The first kappa shape index (κ1) is 24.8. The van der Waals surface area contributed by atoms with E-state index in [0.29, 0.717) is 5.56 Å². The van der Waals surface area contributed by atoms with Gasteiger partial charge in [0.15, 0.2) is 0 Å². The topological polar surface area (TPSA) is 103 Å². The number of nitrogens with zero attached hydrogens (tertiary/aromatic N) is 4. The molecule has 0 saturated heterocycles. The maximum atomic E-state index is 15.5. The Hall–Kier alpha value is -3.87. The van der Waals surface area contributed by atoms with E-state index in [1.165, 1.54) is 24.3 Å². The molecule has 0 bridgehead atoms. The van der Waals surface area contributed by atoms with Gasteiger partial charge in [-0.05, 0) is 42.0 Å². The Bertz CT molecular complexity index is 1100. The predicted octanol–water partition coefficient (Wildman–Crippen LogP) is 4.13. The fraction of sp³-hybridized carbons (Fsp3) is 0.190. The zero-order chi connectivity index (χ0) is 24.9. The summed E-state index contributed by atoms with van der Waals surface area (Å²) in [5.74, 6) is 4.46. The largest absolute Gasteiger partial charge is 0.573 e. The van der Waals surface area contributed by atoms with Gasteiger partial charge in [-0.25, -0.2) is 10.2 Å². The van der Waals surface area contributed by atoms with Gasteiger partial charge in [-0.1, -0.05) is 12.1 Å². The summed E-state index contributed by atoms with van der Waals surface area (Å²) in [6.45, 7) is -0.441. The lowest BCUT2D eigenvalue weighted by Gasteiger charge is -2.29. The summed E-state index contributed by atoms with van der Waals surface area (Å²) in [7, 11) is 0. The number of benzene rings is 2. The molecule has 13 heteroatoms. The summed E-state index contributed by atoms with van der Waals surface area (Å²) < 4.78 is 84.9. The molecular formula is C21H18F6N6O. The highest BCUT2D eigenvalue weighted by Gasteiger charge is 2.44. The van der Waals surface area contributed by atoms with Crippen molar-refractivity contribution in [1.29, 1.82) is 0 Å². The third-order valence-electron chi connectivity index (χ3n) is 4.70. The standard InChI is InChI=1S/C21H18F6N6O/c22-15-5-1-13(2-6-15)17(11-33(29)12-32-28)20(23,24)19-10-30-18(9-31-19)14-3-7-16(8-4-14)34-21(25,26)27/h1-10,12,17H,11,28-29H2/b32-12-. The maximum Gasteiger partial charge on any atom is 0.573 e. The SMILES string of the molecule is N/N=C\N(N)CC(c1ccc(F)cc1)C(F)(F)c1cnc(-c2ccc(OC(F)(F)F)cc2)cn1. The summed E-state index contributed by atoms with van der Waals surface area (Å²) in [5, 5.41) is 4.05. The summed E-state index contributed by atoms with van der Waals surface area (Å²) in [6.07, 6.45) is -1.98. The van der Waals surface area contributed by atoms with Crippen LogP contribution in [-0.4, -0.2) is 34.2 Å². The first-order valence-electron chi connectivity index (χ1n) is 9.56. The van der Waals surface area contributed by atoms with E-state index in [2.05, 4.69) is 19.8 Å². The van der Waals surface area contributed by atoms with Crippen molar-refractivity contribution < 1.29 is 31.1 Å². The van der Waals surface area contributed by atoms with E-state index in [9.17, 15) is 17.6 Å². The number of ether oxygens (including phenoxy) is 1. The second-order valence-electron chi connectivity index (χ2n) is 7.05. The van der Waals surface area contributed by atoms with Crippen LogP contribution in [0.5, 0.6) is 5.75 Å². The fourth-order valence-electron chi connectivity index (χ4n) is 3.12. The molecule has 0 spiro atoms. The molecule has 1 heterocycles. The molecule has 3 rings (SSSR count). The molecule has 7 nitrogen and oxygen atoms in total. The number of hydrogen-bond acceptors (Lipinski definition) is 6. The first-order chi connectivity index (χ1) is 16.0. The lowest BCUT2D eigenvalue weighted by atomic mass is 9.90. The van der Waals surface area contributed by atoms with E-state index < -0.39 is 42.0 Å². The van der Waals surface area contributed by atoms with E-state index in [4.69, 9.17) is 11.7 Å². The number of aromatic nitrogens is 2. The van der Waals surface area contributed by atoms with Crippen LogP contribution in [0.2, 0.25) is 0 Å². The number of hydrogen-bond donors (Lipinski definition) is 2. The third-order valence-corrected chi connectivity index (χ3v) is 4.70. The van der Waals surface area contributed by atoms with Gasteiger partial charge in [0.25, 0.3) is 5.92 Å². The maximum absolute atomic E-state index is 15.5. The van der Waals surface area contributed by atoms with Gasteiger partial charge < -0.3 is 10.6 Å². The smallest absolute Gasteiger partial charge is 0.406 e. The molecule has 180 valence electrons. The number of nitrogens with two attached hydrogens (primary N) is 2. The Morgan fingerprint density at radius 2 is 1.62 bits per heavy atom. The van der Waals surface area contributed by atoms with Crippen molar-refractivity contribution >= 4 is 6.34 Å². The van der Waals surface area contributed by atoms with Gasteiger partial charge in [0.05, 0.1) is 24.0 Å². The van der Waals surface area contributed by atoms with Gasteiger partial charge in [0.2, 0.25) is 0 Å². The van der Waals surface area contributed by atoms with Crippen molar-refractivity contribution in [3.63, 3.8) is 0 Å².